The number of carbonyl (C=O) groups excluding carboxylic acids is 1. The van der Waals surface area contributed by atoms with E-state index in [0.29, 0.717) is 6.54 Å². The number of anilines is 1. The topological polar surface area (TPSA) is 38.8 Å². The van der Waals surface area contributed by atoms with Crippen LogP contribution in [-0.2, 0) is 16.2 Å². The lowest BCUT2D eigenvalue weighted by atomic mass is 10.2. The van der Waals surface area contributed by atoms with Gasteiger partial charge in [-0.25, -0.2) is 4.79 Å². The van der Waals surface area contributed by atoms with E-state index < -0.39 is 6.09 Å². The zero-order valence-electron chi connectivity index (χ0n) is 7.90. The molecule has 0 unspecified atom stereocenters. The molecule has 1 aliphatic rings. The van der Waals surface area contributed by atoms with Crippen LogP contribution >= 0.6 is 0 Å². The lowest BCUT2D eigenvalue weighted by molar-refractivity contribution is -0.210. The van der Waals surface area contributed by atoms with Crippen molar-refractivity contribution in [2.24, 2.45) is 0 Å². The molecule has 1 aromatic carbocycles. The van der Waals surface area contributed by atoms with Gasteiger partial charge in [0.1, 0.15) is 0 Å². The number of amides is 1. The van der Waals surface area contributed by atoms with Gasteiger partial charge in [-0.05, 0) is 18.1 Å². The number of rotatable bonds is 1. The number of fused-ring (bicyclic) bond motifs is 1. The van der Waals surface area contributed by atoms with Crippen LogP contribution < -0.4 is 4.90 Å². The Morgan fingerprint density at radius 3 is 3.00 bits per heavy atom. The van der Waals surface area contributed by atoms with Crippen molar-refractivity contribution in [2.75, 3.05) is 18.6 Å². The first-order valence-corrected chi connectivity index (χ1v) is 4.43. The molecular weight excluding hydrogens is 182 g/mol. The monoisotopic (exact) mass is 193 g/mol. The molecule has 0 aromatic heterocycles. The van der Waals surface area contributed by atoms with Gasteiger partial charge in [0.2, 0.25) is 0 Å². The highest BCUT2D eigenvalue weighted by atomic mass is 17.2. The number of hydrogen-bond donors (Lipinski definition) is 0. The van der Waals surface area contributed by atoms with E-state index in [-0.39, 0.29) is 0 Å². The predicted molar refractivity (Wildman–Crippen MR) is 51.0 cm³/mol. The Morgan fingerprint density at radius 2 is 2.21 bits per heavy atom. The fourth-order valence-electron chi connectivity index (χ4n) is 1.64. The summed E-state index contributed by atoms with van der Waals surface area (Å²) in [6, 6.07) is 7.77. The van der Waals surface area contributed by atoms with Gasteiger partial charge < -0.3 is 0 Å². The average molecular weight is 193 g/mol. The van der Waals surface area contributed by atoms with E-state index in [0.717, 1.165) is 12.1 Å². The third kappa shape index (κ3) is 1.44. The standard InChI is InChI=1S/C10H11NO3/c1-13-14-10(12)11-7-6-8-4-2-3-5-9(8)11/h2-5H,6-7H2,1H3. The van der Waals surface area contributed by atoms with Gasteiger partial charge in [0.25, 0.3) is 0 Å². The Morgan fingerprint density at radius 1 is 1.43 bits per heavy atom. The van der Waals surface area contributed by atoms with E-state index in [2.05, 4.69) is 9.78 Å². The highest BCUT2D eigenvalue weighted by Gasteiger charge is 2.25. The number of para-hydroxylation sites is 1. The summed E-state index contributed by atoms with van der Waals surface area (Å²) >= 11 is 0. The van der Waals surface area contributed by atoms with Crippen molar-refractivity contribution in [3.05, 3.63) is 29.8 Å². The Hall–Kier alpha value is -1.55. The van der Waals surface area contributed by atoms with Crippen LogP contribution in [0, 0.1) is 0 Å². The van der Waals surface area contributed by atoms with Crippen molar-refractivity contribution in [3.63, 3.8) is 0 Å². The average Bonchev–Trinajstić information content (AvgIpc) is 2.61. The van der Waals surface area contributed by atoms with Crippen LogP contribution in [0.3, 0.4) is 0 Å². The minimum Gasteiger partial charge on any atom is -0.275 e. The molecule has 0 spiro atoms. The summed E-state index contributed by atoms with van der Waals surface area (Å²) in [7, 11) is 1.32. The highest BCUT2D eigenvalue weighted by Crippen LogP contribution is 2.27. The molecule has 2 rings (SSSR count). The molecule has 0 saturated carbocycles. The summed E-state index contributed by atoms with van der Waals surface area (Å²) in [5, 5.41) is 0. The van der Waals surface area contributed by atoms with Crippen LogP contribution in [0.1, 0.15) is 5.56 Å². The van der Waals surface area contributed by atoms with Gasteiger partial charge in [0.05, 0.1) is 12.8 Å². The summed E-state index contributed by atoms with van der Waals surface area (Å²) in [6.45, 7) is 0.654. The molecule has 0 atom stereocenters. The molecule has 4 nitrogen and oxygen atoms in total. The first kappa shape index (κ1) is 9.02. The molecule has 0 aliphatic carbocycles. The van der Waals surface area contributed by atoms with E-state index in [4.69, 9.17) is 0 Å². The SMILES string of the molecule is COOC(=O)N1CCc2ccccc21. The summed E-state index contributed by atoms with van der Waals surface area (Å²) in [5.41, 5.74) is 2.08. The van der Waals surface area contributed by atoms with Crippen molar-refractivity contribution >= 4 is 11.8 Å². The Balaban J connectivity index is 2.21. The van der Waals surface area contributed by atoms with E-state index >= 15 is 0 Å². The summed E-state index contributed by atoms with van der Waals surface area (Å²) in [5.74, 6) is 0. The Kier molecular flexibility index (Phi) is 2.37. The number of nitrogens with zero attached hydrogens (tertiary/aromatic N) is 1. The number of hydrogen-bond acceptors (Lipinski definition) is 3. The molecule has 0 bridgehead atoms. The third-order valence-corrected chi connectivity index (χ3v) is 2.26. The van der Waals surface area contributed by atoms with Crippen LogP contribution in [0.15, 0.2) is 24.3 Å². The lowest BCUT2D eigenvalue weighted by Crippen LogP contribution is -2.29. The van der Waals surface area contributed by atoms with Crippen molar-refractivity contribution in [1.29, 1.82) is 0 Å². The minimum absolute atomic E-state index is 0.461. The maximum atomic E-state index is 11.4. The summed E-state index contributed by atoms with van der Waals surface area (Å²) in [4.78, 5) is 21.8. The molecule has 74 valence electrons. The van der Waals surface area contributed by atoms with Crippen LogP contribution in [0.5, 0.6) is 0 Å². The van der Waals surface area contributed by atoms with Gasteiger partial charge in [-0.15, -0.1) is 0 Å². The van der Waals surface area contributed by atoms with Crippen molar-refractivity contribution in [2.45, 2.75) is 6.42 Å². The first-order valence-electron chi connectivity index (χ1n) is 4.43. The van der Waals surface area contributed by atoms with Crippen molar-refractivity contribution in [1.82, 2.24) is 0 Å². The Labute approximate surface area is 82.0 Å². The lowest BCUT2D eigenvalue weighted by Gasteiger charge is -2.14. The second-order valence-corrected chi connectivity index (χ2v) is 3.05. The molecule has 0 radical (unpaired) electrons. The second-order valence-electron chi connectivity index (χ2n) is 3.05. The molecule has 0 saturated heterocycles. The first-order chi connectivity index (χ1) is 6.83. The summed E-state index contributed by atoms with van der Waals surface area (Å²) in [6.07, 6.45) is 0.409. The van der Waals surface area contributed by atoms with E-state index in [9.17, 15) is 4.79 Å². The largest absolute Gasteiger partial charge is 0.445 e. The van der Waals surface area contributed by atoms with Gasteiger partial charge in [-0.2, -0.15) is 4.89 Å². The maximum absolute atomic E-state index is 11.4. The maximum Gasteiger partial charge on any atom is 0.445 e. The van der Waals surface area contributed by atoms with Gasteiger partial charge >= 0.3 is 6.09 Å². The van der Waals surface area contributed by atoms with Gasteiger partial charge in [-0.1, -0.05) is 18.2 Å². The predicted octanol–water partition coefficient (Wildman–Crippen LogP) is 1.75. The number of carbonyl (C=O) groups is 1. The molecular formula is C10H11NO3. The molecule has 1 heterocycles. The smallest absolute Gasteiger partial charge is 0.275 e. The third-order valence-electron chi connectivity index (χ3n) is 2.26. The zero-order chi connectivity index (χ0) is 9.97. The quantitative estimate of drug-likeness (QED) is 0.503. The van der Waals surface area contributed by atoms with Crippen LogP contribution in [-0.4, -0.2) is 19.7 Å². The fourth-order valence-corrected chi connectivity index (χ4v) is 1.64. The van der Waals surface area contributed by atoms with E-state index in [1.807, 2.05) is 24.3 Å². The molecule has 1 aromatic rings. The fraction of sp³-hybridized carbons (Fsp3) is 0.300. The van der Waals surface area contributed by atoms with Crippen LogP contribution in [0.4, 0.5) is 10.5 Å². The van der Waals surface area contributed by atoms with Crippen molar-refractivity contribution in [3.8, 4) is 0 Å². The molecule has 0 N–H and O–H groups in total. The summed E-state index contributed by atoms with van der Waals surface area (Å²) < 4.78 is 0. The normalized spacial score (nSPS) is 13.9. The second kappa shape index (κ2) is 3.67. The molecule has 4 heteroatoms. The molecule has 1 aliphatic heterocycles. The number of benzene rings is 1. The molecule has 0 fully saturated rings. The van der Waals surface area contributed by atoms with Crippen LogP contribution in [0.25, 0.3) is 0 Å². The minimum atomic E-state index is -0.461. The van der Waals surface area contributed by atoms with E-state index in [1.165, 1.54) is 12.7 Å². The molecule has 1 amide bonds. The van der Waals surface area contributed by atoms with Gasteiger partial charge in [0, 0.05) is 6.54 Å². The van der Waals surface area contributed by atoms with Crippen molar-refractivity contribution < 1.29 is 14.6 Å². The zero-order valence-corrected chi connectivity index (χ0v) is 7.90. The Bertz CT molecular complexity index is 351. The molecule has 14 heavy (non-hydrogen) atoms. The highest BCUT2D eigenvalue weighted by molar-refractivity contribution is 5.89. The van der Waals surface area contributed by atoms with Gasteiger partial charge in [0.15, 0.2) is 0 Å². The van der Waals surface area contributed by atoms with E-state index in [1.54, 1.807) is 4.90 Å². The van der Waals surface area contributed by atoms with Gasteiger partial charge in [-0.3, -0.25) is 9.79 Å². The van der Waals surface area contributed by atoms with Crippen LogP contribution in [0.2, 0.25) is 0 Å².